The van der Waals surface area contributed by atoms with Crippen molar-refractivity contribution in [2.45, 2.75) is 25.4 Å². The number of rotatable bonds is 5. The number of carbonyl (C=O) groups excluding carboxylic acids is 1. The molecule has 1 aromatic rings. The Balaban J connectivity index is 2.00. The minimum atomic E-state index is -0.0587. The van der Waals surface area contributed by atoms with E-state index in [1.54, 1.807) is 14.2 Å². The number of hydrogen-bond donors (Lipinski definition) is 2. The zero-order valence-corrected chi connectivity index (χ0v) is 11.4. The van der Waals surface area contributed by atoms with Crippen molar-refractivity contribution in [1.82, 2.24) is 10.6 Å². The fourth-order valence-electron chi connectivity index (χ4n) is 2.31. The van der Waals surface area contributed by atoms with Crippen molar-refractivity contribution < 1.29 is 14.3 Å². The van der Waals surface area contributed by atoms with Crippen LogP contribution in [0, 0.1) is 0 Å². The standard InChI is InChI=1S/C14H20N2O3/c1-18-12-7-3-5-10(13(12)19-2)9-16-14(17)11-6-4-8-15-11/h3,5,7,11,15H,4,6,8-9H2,1-2H3,(H,16,17)/t11-/m0/s1. The molecule has 0 saturated carbocycles. The molecule has 0 spiro atoms. The van der Waals surface area contributed by atoms with Gasteiger partial charge in [-0.2, -0.15) is 0 Å². The maximum Gasteiger partial charge on any atom is 0.237 e. The quantitative estimate of drug-likeness (QED) is 0.835. The number of amides is 1. The van der Waals surface area contributed by atoms with Crippen LogP contribution in [0.1, 0.15) is 18.4 Å². The normalized spacial score (nSPS) is 18.1. The molecular weight excluding hydrogens is 244 g/mol. The van der Waals surface area contributed by atoms with E-state index in [9.17, 15) is 4.79 Å². The number of carbonyl (C=O) groups is 1. The van der Waals surface area contributed by atoms with Crippen LogP contribution in [0.25, 0.3) is 0 Å². The third-order valence-corrected chi connectivity index (χ3v) is 3.31. The van der Waals surface area contributed by atoms with E-state index < -0.39 is 0 Å². The lowest BCUT2D eigenvalue weighted by atomic mass is 10.1. The molecule has 1 amide bonds. The summed E-state index contributed by atoms with van der Waals surface area (Å²) in [5, 5.41) is 6.11. The van der Waals surface area contributed by atoms with E-state index in [-0.39, 0.29) is 11.9 Å². The van der Waals surface area contributed by atoms with E-state index in [4.69, 9.17) is 9.47 Å². The zero-order chi connectivity index (χ0) is 13.7. The lowest BCUT2D eigenvalue weighted by Gasteiger charge is -2.15. The molecule has 0 unspecified atom stereocenters. The Kier molecular flexibility index (Phi) is 4.63. The number of para-hydroxylation sites is 1. The van der Waals surface area contributed by atoms with E-state index in [1.807, 2.05) is 18.2 Å². The highest BCUT2D eigenvalue weighted by Gasteiger charge is 2.21. The van der Waals surface area contributed by atoms with Crippen LogP contribution in [0.2, 0.25) is 0 Å². The predicted molar refractivity (Wildman–Crippen MR) is 72.4 cm³/mol. The van der Waals surface area contributed by atoms with Gasteiger partial charge in [-0.1, -0.05) is 12.1 Å². The second-order valence-electron chi connectivity index (χ2n) is 4.52. The van der Waals surface area contributed by atoms with Gasteiger partial charge in [0.25, 0.3) is 0 Å². The molecule has 5 heteroatoms. The minimum absolute atomic E-state index is 0.0439. The fraction of sp³-hybridized carbons (Fsp3) is 0.500. The Bertz CT molecular complexity index is 442. The molecule has 1 aliphatic heterocycles. The lowest BCUT2D eigenvalue weighted by Crippen LogP contribution is -2.40. The molecule has 0 bridgehead atoms. The van der Waals surface area contributed by atoms with Crippen LogP contribution < -0.4 is 20.1 Å². The van der Waals surface area contributed by atoms with Crippen LogP contribution >= 0.6 is 0 Å². The first-order chi connectivity index (χ1) is 9.26. The van der Waals surface area contributed by atoms with Crippen molar-refractivity contribution in [1.29, 1.82) is 0 Å². The molecule has 1 aliphatic rings. The minimum Gasteiger partial charge on any atom is -0.493 e. The number of ether oxygens (including phenoxy) is 2. The van der Waals surface area contributed by atoms with E-state index in [0.29, 0.717) is 18.0 Å². The van der Waals surface area contributed by atoms with Gasteiger partial charge >= 0.3 is 0 Å². The smallest absolute Gasteiger partial charge is 0.237 e. The molecule has 1 aromatic carbocycles. The Morgan fingerprint density at radius 2 is 2.26 bits per heavy atom. The van der Waals surface area contributed by atoms with E-state index >= 15 is 0 Å². The Morgan fingerprint density at radius 1 is 1.42 bits per heavy atom. The Labute approximate surface area is 113 Å². The fourth-order valence-corrected chi connectivity index (χ4v) is 2.31. The van der Waals surface area contributed by atoms with Gasteiger partial charge in [0, 0.05) is 12.1 Å². The summed E-state index contributed by atoms with van der Waals surface area (Å²) in [6.07, 6.45) is 1.96. The van der Waals surface area contributed by atoms with E-state index in [0.717, 1.165) is 24.9 Å². The maximum absolute atomic E-state index is 11.9. The second kappa shape index (κ2) is 6.43. The van der Waals surface area contributed by atoms with Crippen molar-refractivity contribution in [3.63, 3.8) is 0 Å². The summed E-state index contributed by atoms with van der Waals surface area (Å²) >= 11 is 0. The van der Waals surface area contributed by atoms with Crippen molar-refractivity contribution >= 4 is 5.91 Å². The first-order valence-corrected chi connectivity index (χ1v) is 6.47. The number of hydrogen-bond acceptors (Lipinski definition) is 4. The highest BCUT2D eigenvalue weighted by atomic mass is 16.5. The maximum atomic E-state index is 11.9. The molecule has 19 heavy (non-hydrogen) atoms. The van der Waals surface area contributed by atoms with Crippen LogP contribution in [0.4, 0.5) is 0 Å². The van der Waals surface area contributed by atoms with Crippen molar-refractivity contribution in [2.75, 3.05) is 20.8 Å². The van der Waals surface area contributed by atoms with Gasteiger partial charge in [0.2, 0.25) is 5.91 Å². The summed E-state index contributed by atoms with van der Waals surface area (Å²) in [6, 6.07) is 5.58. The number of benzene rings is 1. The molecule has 2 rings (SSSR count). The summed E-state index contributed by atoms with van der Waals surface area (Å²) < 4.78 is 10.6. The monoisotopic (exact) mass is 264 g/mol. The van der Waals surface area contributed by atoms with Crippen LogP contribution in [-0.4, -0.2) is 32.7 Å². The highest BCUT2D eigenvalue weighted by molar-refractivity contribution is 5.82. The molecule has 1 atom stereocenters. The summed E-state index contributed by atoms with van der Waals surface area (Å²) in [6.45, 7) is 1.36. The highest BCUT2D eigenvalue weighted by Crippen LogP contribution is 2.30. The molecule has 104 valence electrons. The van der Waals surface area contributed by atoms with Gasteiger partial charge in [-0.25, -0.2) is 0 Å². The van der Waals surface area contributed by atoms with Gasteiger partial charge in [-0.15, -0.1) is 0 Å². The van der Waals surface area contributed by atoms with Gasteiger partial charge in [0.05, 0.1) is 20.3 Å². The van der Waals surface area contributed by atoms with Gasteiger partial charge in [-0.05, 0) is 25.5 Å². The molecule has 0 aromatic heterocycles. The van der Waals surface area contributed by atoms with Crippen molar-refractivity contribution in [3.8, 4) is 11.5 Å². The SMILES string of the molecule is COc1cccc(CNC(=O)[C@@H]2CCCN2)c1OC. The molecule has 2 N–H and O–H groups in total. The first-order valence-electron chi connectivity index (χ1n) is 6.47. The van der Waals surface area contributed by atoms with Gasteiger partial charge in [0.15, 0.2) is 11.5 Å². The first kappa shape index (κ1) is 13.7. The van der Waals surface area contributed by atoms with Crippen LogP contribution in [-0.2, 0) is 11.3 Å². The summed E-state index contributed by atoms with van der Waals surface area (Å²) in [7, 11) is 3.20. The molecule has 0 radical (unpaired) electrons. The number of nitrogens with one attached hydrogen (secondary N) is 2. The molecule has 5 nitrogen and oxygen atoms in total. The van der Waals surface area contributed by atoms with E-state index in [2.05, 4.69) is 10.6 Å². The topological polar surface area (TPSA) is 59.6 Å². The average molecular weight is 264 g/mol. The predicted octanol–water partition coefficient (Wildman–Crippen LogP) is 1.07. The van der Waals surface area contributed by atoms with Crippen molar-refractivity contribution in [3.05, 3.63) is 23.8 Å². The average Bonchev–Trinajstić information content (AvgIpc) is 2.98. The summed E-state index contributed by atoms with van der Waals surface area (Å²) in [5.41, 5.74) is 0.910. The van der Waals surface area contributed by atoms with Gasteiger partial charge in [-0.3, -0.25) is 4.79 Å². The molecule has 1 saturated heterocycles. The lowest BCUT2D eigenvalue weighted by molar-refractivity contribution is -0.122. The van der Waals surface area contributed by atoms with Crippen molar-refractivity contribution in [2.24, 2.45) is 0 Å². The third-order valence-electron chi connectivity index (χ3n) is 3.31. The van der Waals surface area contributed by atoms with E-state index in [1.165, 1.54) is 0 Å². The van der Waals surface area contributed by atoms with Crippen LogP contribution in [0.15, 0.2) is 18.2 Å². The van der Waals surface area contributed by atoms with Gasteiger partial charge < -0.3 is 20.1 Å². The largest absolute Gasteiger partial charge is 0.493 e. The van der Waals surface area contributed by atoms with Crippen LogP contribution in [0.3, 0.4) is 0 Å². The molecular formula is C14H20N2O3. The molecule has 1 heterocycles. The summed E-state index contributed by atoms with van der Waals surface area (Å²) in [5.74, 6) is 1.39. The zero-order valence-electron chi connectivity index (χ0n) is 11.4. The Morgan fingerprint density at radius 3 is 2.89 bits per heavy atom. The third kappa shape index (κ3) is 3.17. The summed E-state index contributed by atoms with van der Waals surface area (Å²) in [4.78, 5) is 11.9. The molecule has 0 aliphatic carbocycles. The Hall–Kier alpha value is -1.75. The number of methoxy groups -OCH3 is 2. The van der Waals surface area contributed by atoms with Crippen LogP contribution in [0.5, 0.6) is 11.5 Å². The van der Waals surface area contributed by atoms with Gasteiger partial charge in [0.1, 0.15) is 0 Å². The second-order valence-corrected chi connectivity index (χ2v) is 4.52. The molecule has 1 fully saturated rings.